The molecule has 0 aliphatic heterocycles. The third-order valence-corrected chi connectivity index (χ3v) is 3.90. The lowest BCUT2D eigenvalue weighted by molar-refractivity contribution is 0.123. The number of nitrogens with zero attached hydrogens (tertiary/aromatic N) is 1. The van der Waals surface area contributed by atoms with E-state index in [-0.39, 0.29) is 24.0 Å². The molecule has 1 aliphatic rings. The van der Waals surface area contributed by atoms with Crippen LogP contribution < -0.4 is 10.6 Å². The lowest BCUT2D eigenvalue weighted by Gasteiger charge is -2.12. The number of benzene rings is 1. The molecule has 0 unspecified atom stereocenters. The average molecular weight is 447 g/mol. The molecule has 5 nitrogen and oxygen atoms in total. The summed E-state index contributed by atoms with van der Waals surface area (Å²) in [4.78, 5) is 4.22. The van der Waals surface area contributed by atoms with Crippen LogP contribution in [0, 0.1) is 5.92 Å². The molecule has 1 aromatic rings. The van der Waals surface area contributed by atoms with Crippen LogP contribution in [0.5, 0.6) is 5.75 Å². The van der Waals surface area contributed by atoms with Gasteiger partial charge in [-0.05, 0) is 55.7 Å². The van der Waals surface area contributed by atoms with E-state index < -0.39 is 0 Å². The summed E-state index contributed by atoms with van der Waals surface area (Å²) in [7, 11) is 1.79. The zero-order chi connectivity index (χ0) is 16.3. The van der Waals surface area contributed by atoms with Crippen molar-refractivity contribution in [2.45, 2.75) is 32.1 Å². The number of phenolic OH excluding ortho intramolecular Hbond substituents is 1. The minimum atomic E-state index is 0. The summed E-state index contributed by atoms with van der Waals surface area (Å²) in [5, 5.41) is 15.9. The second-order valence-corrected chi connectivity index (χ2v) is 6.07. The highest BCUT2D eigenvalue weighted by Crippen LogP contribution is 2.28. The number of rotatable bonds is 10. The fraction of sp³-hybridized carbons (Fsp3) is 0.611. The van der Waals surface area contributed by atoms with E-state index in [1.165, 1.54) is 18.4 Å². The van der Waals surface area contributed by atoms with Gasteiger partial charge in [-0.2, -0.15) is 0 Å². The quantitative estimate of drug-likeness (QED) is 0.223. The second-order valence-electron chi connectivity index (χ2n) is 6.07. The molecular weight excluding hydrogens is 417 g/mol. The van der Waals surface area contributed by atoms with Crippen molar-refractivity contribution in [1.82, 2.24) is 10.6 Å². The van der Waals surface area contributed by atoms with E-state index in [1.807, 2.05) is 12.1 Å². The highest BCUT2D eigenvalue weighted by molar-refractivity contribution is 14.0. The molecule has 3 N–H and O–H groups in total. The van der Waals surface area contributed by atoms with Gasteiger partial charge in [-0.25, -0.2) is 0 Å². The molecule has 0 amide bonds. The molecule has 136 valence electrons. The molecule has 0 spiro atoms. The minimum absolute atomic E-state index is 0. The standard InChI is InChI=1S/C18H29N3O2.HI/c1-19-18(21-12-3-13-23-14-16-5-6-16)20-11-2-4-15-7-9-17(22)10-8-15;/h7-10,16,22H,2-6,11-14H2,1H3,(H2,19,20,21);1H. The lowest BCUT2D eigenvalue weighted by Crippen LogP contribution is -2.38. The Morgan fingerprint density at radius 2 is 1.83 bits per heavy atom. The second kappa shape index (κ2) is 12.4. The normalized spacial score (nSPS) is 14.1. The van der Waals surface area contributed by atoms with E-state index in [4.69, 9.17) is 4.74 Å². The number of hydrogen-bond donors (Lipinski definition) is 3. The summed E-state index contributed by atoms with van der Waals surface area (Å²) < 4.78 is 5.61. The predicted octanol–water partition coefficient (Wildman–Crippen LogP) is 2.92. The van der Waals surface area contributed by atoms with Gasteiger partial charge in [-0.1, -0.05) is 12.1 Å². The maximum atomic E-state index is 9.25. The van der Waals surface area contributed by atoms with E-state index in [9.17, 15) is 5.11 Å². The molecule has 2 rings (SSSR count). The number of aryl methyl sites for hydroxylation is 1. The highest BCUT2D eigenvalue weighted by atomic mass is 127. The molecule has 1 saturated carbocycles. The van der Waals surface area contributed by atoms with E-state index in [0.29, 0.717) is 5.75 Å². The van der Waals surface area contributed by atoms with Crippen LogP contribution in [0.2, 0.25) is 0 Å². The Hall–Kier alpha value is -1.02. The van der Waals surface area contributed by atoms with Crippen molar-refractivity contribution >= 4 is 29.9 Å². The predicted molar refractivity (Wildman–Crippen MR) is 109 cm³/mol. The van der Waals surface area contributed by atoms with Gasteiger partial charge in [0.2, 0.25) is 0 Å². The molecule has 0 aromatic heterocycles. The van der Waals surface area contributed by atoms with Crippen molar-refractivity contribution in [3.05, 3.63) is 29.8 Å². The molecule has 0 radical (unpaired) electrons. The molecule has 0 atom stereocenters. The number of aromatic hydroxyl groups is 1. The molecule has 0 bridgehead atoms. The van der Waals surface area contributed by atoms with Gasteiger partial charge in [0, 0.05) is 33.4 Å². The number of ether oxygens (including phenoxy) is 1. The number of guanidine groups is 1. The summed E-state index contributed by atoms with van der Waals surface area (Å²) in [5.41, 5.74) is 1.24. The zero-order valence-electron chi connectivity index (χ0n) is 14.5. The first kappa shape index (κ1) is 21.0. The number of aliphatic imine (C=N–C) groups is 1. The largest absolute Gasteiger partial charge is 0.508 e. The maximum absolute atomic E-state index is 9.25. The van der Waals surface area contributed by atoms with Gasteiger partial charge in [0.1, 0.15) is 5.75 Å². The Bertz CT molecular complexity index is 476. The zero-order valence-corrected chi connectivity index (χ0v) is 16.8. The summed E-state index contributed by atoms with van der Waals surface area (Å²) in [6.45, 7) is 3.51. The lowest BCUT2D eigenvalue weighted by atomic mass is 10.1. The Morgan fingerprint density at radius 3 is 2.46 bits per heavy atom. The topological polar surface area (TPSA) is 65.9 Å². The van der Waals surface area contributed by atoms with E-state index in [0.717, 1.165) is 57.4 Å². The smallest absolute Gasteiger partial charge is 0.190 e. The monoisotopic (exact) mass is 447 g/mol. The van der Waals surface area contributed by atoms with Crippen LogP contribution in [0.25, 0.3) is 0 Å². The Balaban J connectivity index is 0.00000288. The van der Waals surface area contributed by atoms with E-state index in [2.05, 4.69) is 15.6 Å². The van der Waals surface area contributed by atoms with Gasteiger partial charge in [0.25, 0.3) is 0 Å². The molecule has 1 fully saturated rings. The minimum Gasteiger partial charge on any atom is -0.508 e. The molecule has 0 saturated heterocycles. The van der Waals surface area contributed by atoms with Crippen LogP contribution >= 0.6 is 24.0 Å². The van der Waals surface area contributed by atoms with Crippen LogP contribution in [0.15, 0.2) is 29.3 Å². The fourth-order valence-electron chi connectivity index (χ4n) is 2.30. The summed E-state index contributed by atoms with van der Waals surface area (Å²) in [5.74, 6) is 2.00. The highest BCUT2D eigenvalue weighted by Gasteiger charge is 2.20. The van der Waals surface area contributed by atoms with Crippen molar-refractivity contribution in [2.24, 2.45) is 10.9 Å². The first-order valence-electron chi connectivity index (χ1n) is 8.58. The van der Waals surface area contributed by atoms with Crippen LogP contribution in [-0.2, 0) is 11.2 Å². The Kier molecular flexibility index (Phi) is 10.8. The van der Waals surface area contributed by atoms with Gasteiger partial charge >= 0.3 is 0 Å². The van der Waals surface area contributed by atoms with Crippen molar-refractivity contribution < 1.29 is 9.84 Å². The number of halogens is 1. The molecule has 0 heterocycles. The Labute approximate surface area is 162 Å². The van der Waals surface area contributed by atoms with Crippen LogP contribution in [-0.4, -0.2) is 44.4 Å². The number of nitrogens with one attached hydrogen (secondary N) is 2. The summed E-state index contributed by atoms with van der Waals surface area (Å²) >= 11 is 0. The van der Waals surface area contributed by atoms with Gasteiger partial charge in [0.15, 0.2) is 5.96 Å². The van der Waals surface area contributed by atoms with Crippen molar-refractivity contribution in [3.63, 3.8) is 0 Å². The molecule has 6 heteroatoms. The summed E-state index contributed by atoms with van der Waals surface area (Å²) in [6.07, 6.45) is 5.70. The third kappa shape index (κ3) is 9.32. The van der Waals surface area contributed by atoms with Gasteiger partial charge in [-0.15, -0.1) is 24.0 Å². The molecule has 1 aromatic carbocycles. The first-order valence-corrected chi connectivity index (χ1v) is 8.58. The molecule has 1 aliphatic carbocycles. The summed E-state index contributed by atoms with van der Waals surface area (Å²) in [6, 6.07) is 7.39. The van der Waals surface area contributed by atoms with Crippen molar-refractivity contribution in [1.29, 1.82) is 0 Å². The van der Waals surface area contributed by atoms with Crippen LogP contribution in [0.3, 0.4) is 0 Å². The molecular formula is C18H30IN3O2. The van der Waals surface area contributed by atoms with Crippen LogP contribution in [0.1, 0.15) is 31.2 Å². The first-order chi connectivity index (χ1) is 11.3. The average Bonchev–Trinajstić information content (AvgIpc) is 3.38. The number of hydrogen-bond acceptors (Lipinski definition) is 3. The SMILES string of the molecule is CN=C(NCCCOCC1CC1)NCCCc1ccc(O)cc1.I. The van der Waals surface area contributed by atoms with Gasteiger partial charge < -0.3 is 20.5 Å². The fourth-order valence-corrected chi connectivity index (χ4v) is 2.30. The van der Waals surface area contributed by atoms with E-state index in [1.54, 1.807) is 19.2 Å². The third-order valence-electron chi connectivity index (χ3n) is 3.90. The van der Waals surface area contributed by atoms with Gasteiger partial charge in [-0.3, -0.25) is 4.99 Å². The van der Waals surface area contributed by atoms with Crippen LogP contribution in [0.4, 0.5) is 0 Å². The number of phenols is 1. The van der Waals surface area contributed by atoms with Gasteiger partial charge in [0.05, 0.1) is 0 Å². The molecule has 24 heavy (non-hydrogen) atoms. The Morgan fingerprint density at radius 1 is 1.17 bits per heavy atom. The van der Waals surface area contributed by atoms with E-state index >= 15 is 0 Å². The van der Waals surface area contributed by atoms with Crippen molar-refractivity contribution in [3.8, 4) is 5.75 Å². The maximum Gasteiger partial charge on any atom is 0.190 e. The van der Waals surface area contributed by atoms with Crippen molar-refractivity contribution in [2.75, 3.05) is 33.4 Å².